The highest BCUT2D eigenvalue weighted by molar-refractivity contribution is 7.22. The largest absolute Gasteiger partial charge is 0.492 e. The predicted octanol–water partition coefficient (Wildman–Crippen LogP) is 5.40. The van der Waals surface area contributed by atoms with E-state index in [0.717, 1.165) is 37.7 Å². The number of hydrogen-bond donors (Lipinski definition) is 2. The van der Waals surface area contributed by atoms with Gasteiger partial charge in [-0.15, -0.1) is 0 Å². The van der Waals surface area contributed by atoms with Gasteiger partial charge in [-0.1, -0.05) is 53.8 Å². The van der Waals surface area contributed by atoms with E-state index in [1.807, 2.05) is 66.7 Å². The minimum absolute atomic E-state index is 0.137. The lowest BCUT2D eigenvalue weighted by Gasteiger charge is -2.07. The minimum atomic E-state index is -0.137. The van der Waals surface area contributed by atoms with Gasteiger partial charge in [0.2, 0.25) is 0 Å². The number of amides is 1. The van der Waals surface area contributed by atoms with Crippen molar-refractivity contribution in [2.75, 3.05) is 18.5 Å². The molecular weight excluding hydrogens is 420 g/mol. The Morgan fingerprint density at radius 2 is 1.81 bits per heavy atom. The van der Waals surface area contributed by atoms with Crippen molar-refractivity contribution in [2.24, 2.45) is 0 Å². The second kappa shape index (κ2) is 9.03. The minimum Gasteiger partial charge on any atom is -0.492 e. The van der Waals surface area contributed by atoms with Crippen LogP contribution < -0.4 is 15.4 Å². The van der Waals surface area contributed by atoms with Gasteiger partial charge in [0.1, 0.15) is 18.2 Å². The van der Waals surface area contributed by atoms with E-state index in [2.05, 4.69) is 26.7 Å². The van der Waals surface area contributed by atoms with Crippen LogP contribution in [0.1, 0.15) is 10.4 Å². The second-order valence-electron chi connectivity index (χ2n) is 7.12. The SMILES string of the molecule is O=C(NCCOc1ccccc1)c1ccc2nc(Nc3nccc4ccccc34)sc2c1. The Bertz CT molecular complexity index is 1380. The van der Waals surface area contributed by atoms with Gasteiger partial charge >= 0.3 is 0 Å². The summed E-state index contributed by atoms with van der Waals surface area (Å²) in [5.74, 6) is 1.41. The summed E-state index contributed by atoms with van der Waals surface area (Å²) in [7, 11) is 0. The number of fused-ring (bicyclic) bond motifs is 2. The number of ether oxygens (including phenoxy) is 1. The fraction of sp³-hybridized carbons (Fsp3) is 0.0800. The molecule has 0 saturated heterocycles. The van der Waals surface area contributed by atoms with Gasteiger partial charge in [0, 0.05) is 17.1 Å². The van der Waals surface area contributed by atoms with E-state index in [1.54, 1.807) is 12.3 Å². The summed E-state index contributed by atoms with van der Waals surface area (Å²) in [4.78, 5) is 21.6. The number of anilines is 2. The molecule has 0 saturated carbocycles. The number of benzene rings is 3. The first kappa shape index (κ1) is 20.0. The average molecular weight is 441 g/mol. The quantitative estimate of drug-likeness (QED) is 0.332. The summed E-state index contributed by atoms with van der Waals surface area (Å²) >= 11 is 1.49. The molecule has 0 radical (unpaired) electrons. The number of aromatic nitrogens is 2. The number of nitrogens with one attached hydrogen (secondary N) is 2. The lowest BCUT2D eigenvalue weighted by Crippen LogP contribution is -2.28. The van der Waals surface area contributed by atoms with Gasteiger partial charge in [-0.2, -0.15) is 0 Å². The van der Waals surface area contributed by atoms with Gasteiger partial charge in [-0.05, 0) is 41.8 Å². The van der Waals surface area contributed by atoms with Crippen molar-refractivity contribution >= 4 is 49.2 Å². The van der Waals surface area contributed by atoms with Crippen molar-refractivity contribution in [2.45, 2.75) is 0 Å². The molecule has 1 amide bonds. The van der Waals surface area contributed by atoms with Crippen molar-refractivity contribution in [3.63, 3.8) is 0 Å². The van der Waals surface area contributed by atoms with Crippen LogP contribution >= 0.6 is 11.3 Å². The van der Waals surface area contributed by atoms with Gasteiger partial charge in [0.25, 0.3) is 5.91 Å². The van der Waals surface area contributed by atoms with E-state index < -0.39 is 0 Å². The van der Waals surface area contributed by atoms with Gasteiger partial charge in [-0.25, -0.2) is 9.97 Å². The Hall–Kier alpha value is -3.97. The van der Waals surface area contributed by atoms with Crippen LogP contribution in [0, 0.1) is 0 Å². The highest BCUT2D eigenvalue weighted by atomic mass is 32.1. The molecule has 2 aromatic heterocycles. The summed E-state index contributed by atoms with van der Waals surface area (Å²) in [5, 5.41) is 9.10. The van der Waals surface area contributed by atoms with E-state index >= 15 is 0 Å². The number of hydrogen-bond acceptors (Lipinski definition) is 6. The fourth-order valence-corrected chi connectivity index (χ4v) is 4.30. The van der Waals surface area contributed by atoms with Crippen molar-refractivity contribution in [3.8, 4) is 5.75 Å². The van der Waals surface area contributed by atoms with E-state index in [0.29, 0.717) is 18.7 Å². The molecule has 7 heteroatoms. The van der Waals surface area contributed by atoms with E-state index in [4.69, 9.17) is 4.74 Å². The zero-order valence-electron chi connectivity index (χ0n) is 17.1. The molecule has 0 atom stereocenters. The Kier molecular flexibility index (Phi) is 5.63. The van der Waals surface area contributed by atoms with Crippen molar-refractivity contribution in [1.29, 1.82) is 0 Å². The molecule has 32 heavy (non-hydrogen) atoms. The molecular formula is C25H20N4O2S. The number of rotatable bonds is 7. The molecule has 3 aromatic carbocycles. The Morgan fingerprint density at radius 3 is 2.72 bits per heavy atom. The summed E-state index contributed by atoms with van der Waals surface area (Å²) in [6, 6.07) is 25.1. The fourth-order valence-electron chi connectivity index (χ4n) is 3.39. The highest BCUT2D eigenvalue weighted by Crippen LogP contribution is 2.30. The van der Waals surface area contributed by atoms with Crippen molar-refractivity contribution in [3.05, 3.63) is 90.6 Å². The Labute approximate surface area is 188 Å². The molecule has 158 valence electrons. The van der Waals surface area contributed by atoms with E-state index in [-0.39, 0.29) is 5.91 Å². The van der Waals surface area contributed by atoms with Crippen LogP contribution in [0.2, 0.25) is 0 Å². The van der Waals surface area contributed by atoms with Crippen LogP contribution in [-0.4, -0.2) is 29.0 Å². The average Bonchev–Trinajstić information content (AvgIpc) is 3.24. The van der Waals surface area contributed by atoms with Crippen LogP contribution in [0.4, 0.5) is 10.9 Å². The van der Waals surface area contributed by atoms with Gasteiger partial charge < -0.3 is 15.4 Å². The molecule has 0 bridgehead atoms. The van der Waals surface area contributed by atoms with Crippen LogP contribution in [0.3, 0.4) is 0 Å². The maximum atomic E-state index is 12.5. The molecule has 0 aliphatic carbocycles. The normalized spacial score (nSPS) is 10.9. The number of carbonyl (C=O) groups excluding carboxylic acids is 1. The maximum Gasteiger partial charge on any atom is 0.251 e. The number of nitrogens with zero attached hydrogens (tertiary/aromatic N) is 2. The third kappa shape index (κ3) is 4.38. The highest BCUT2D eigenvalue weighted by Gasteiger charge is 2.11. The van der Waals surface area contributed by atoms with E-state index in [9.17, 15) is 4.79 Å². The zero-order chi connectivity index (χ0) is 21.8. The number of pyridine rings is 1. The summed E-state index contributed by atoms with van der Waals surface area (Å²) in [6.07, 6.45) is 1.78. The summed E-state index contributed by atoms with van der Waals surface area (Å²) in [6.45, 7) is 0.832. The number of carbonyl (C=O) groups is 1. The molecule has 0 spiro atoms. The first-order valence-corrected chi connectivity index (χ1v) is 11.1. The van der Waals surface area contributed by atoms with Crippen LogP contribution in [0.25, 0.3) is 21.0 Å². The van der Waals surface area contributed by atoms with Crippen molar-refractivity contribution in [1.82, 2.24) is 15.3 Å². The Morgan fingerprint density at radius 1 is 0.969 bits per heavy atom. The maximum absolute atomic E-state index is 12.5. The standard InChI is InChI=1S/C25H20N4O2S/c30-24(27-14-15-31-19-7-2-1-3-8-19)18-10-11-21-22(16-18)32-25(28-21)29-23-20-9-5-4-6-17(20)12-13-26-23/h1-13,16H,14-15H2,(H,27,30)(H,26,28,29). The molecule has 5 aromatic rings. The summed E-state index contributed by atoms with van der Waals surface area (Å²) in [5.41, 5.74) is 1.43. The monoisotopic (exact) mass is 440 g/mol. The molecule has 0 aliphatic heterocycles. The zero-order valence-corrected chi connectivity index (χ0v) is 17.9. The smallest absolute Gasteiger partial charge is 0.251 e. The van der Waals surface area contributed by atoms with Crippen LogP contribution in [0.5, 0.6) is 5.75 Å². The Balaban J connectivity index is 1.26. The number of para-hydroxylation sites is 1. The van der Waals surface area contributed by atoms with Gasteiger partial charge in [-0.3, -0.25) is 4.79 Å². The first-order chi connectivity index (χ1) is 15.8. The summed E-state index contributed by atoms with van der Waals surface area (Å²) < 4.78 is 6.55. The van der Waals surface area contributed by atoms with Crippen LogP contribution in [0.15, 0.2) is 85.1 Å². The topological polar surface area (TPSA) is 76.1 Å². The van der Waals surface area contributed by atoms with Crippen LogP contribution in [-0.2, 0) is 0 Å². The van der Waals surface area contributed by atoms with Gasteiger partial charge in [0.15, 0.2) is 5.13 Å². The third-order valence-corrected chi connectivity index (χ3v) is 5.88. The second-order valence-corrected chi connectivity index (χ2v) is 8.16. The molecule has 2 heterocycles. The lowest BCUT2D eigenvalue weighted by molar-refractivity contribution is 0.0947. The molecule has 2 N–H and O–H groups in total. The molecule has 0 aliphatic rings. The molecule has 6 nitrogen and oxygen atoms in total. The molecule has 0 unspecified atom stereocenters. The third-order valence-electron chi connectivity index (χ3n) is 4.95. The lowest BCUT2D eigenvalue weighted by atomic mass is 10.1. The predicted molar refractivity (Wildman–Crippen MR) is 129 cm³/mol. The van der Waals surface area contributed by atoms with Crippen molar-refractivity contribution < 1.29 is 9.53 Å². The van der Waals surface area contributed by atoms with Gasteiger partial charge in [0.05, 0.1) is 16.8 Å². The number of thiazole rings is 1. The molecule has 5 rings (SSSR count). The first-order valence-electron chi connectivity index (χ1n) is 10.2. The molecule has 0 fully saturated rings. The van der Waals surface area contributed by atoms with E-state index in [1.165, 1.54) is 11.3 Å².